The van der Waals surface area contributed by atoms with E-state index in [2.05, 4.69) is 21.2 Å². The minimum absolute atomic E-state index is 0.247. The molecular weight excluding hydrogens is 464 g/mol. The highest BCUT2D eigenvalue weighted by atomic mass is 79.9. The standard InChI is InChI=1S/C19H23BrN2O4S2/c1-13-5-6-16(26-2)14(12-13)9-10-21-19(23)15-4-3-11-22(15)28(24,25)18-8-7-17(20)27-18/h5-8,12,15H,3-4,9-11H2,1-2H3,(H,21,23). The van der Waals surface area contributed by atoms with Crippen LogP contribution in [0.4, 0.5) is 0 Å². The van der Waals surface area contributed by atoms with Crippen LogP contribution in [0, 0.1) is 6.92 Å². The van der Waals surface area contributed by atoms with Gasteiger partial charge >= 0.3 is 0 Å². The molecular formula is C19H23BrN2O4S2. The Balaban J connectivity index is 1.65. The lowest BCUT2D eigenvalue weighted by Gasteiger charge is -2.22. The fraction of sp³-hybridized carbons (Fsp3) is 0.421. The molecule has 6 nitrogen and oxygen atoms in total. The van der Waals surface area contributed by atoms with Crippen molar-refractivity contribution in [2.45, 2.75) is 36.4 Å². The first-order chi connectivity index (χ1) is 13.3. The van der Waals surface area contributed by atoms with Crippen LogP contribution in [0.15, 0.2) is 38.3 Å². The zero-order valence-corrected chi connectivity index (χ0v) is 19.0. The van der Waals surface area contributed by atoms with E-state index in [4.69, 9.17) is 4.74 Å². The smallest absolute Gasteiger partial charge is 0.253 e. The van der Waals surface area contributed by atoms with E-state index >= 15 is 0 Å². The number of hydrogen-bond donors (Lipinski definition) is 1. The van der Waals surface area contributed by atoms with E-state index in [1.165, 1.54) is 4.31 Å². The van der Waals surface area contributed by atoms with Crippen molar-refractivity contribution in [2.24, 2.45) is 0 Å². The molecule has 1 aliphatic heterocycles. The van der Waals surface area contributed by atoms with Crippen LogP contribution in [0.2, 0.25) is 0 Å². The van der Waals surface area contributed by atoms with Crippen molar-refractivity contribution in [3.05, 3.63) is 45.2 Å². The number of benzene rings is 1. The first-order valence-electron chi connectivity index (χ1n) is 9.01. The maximum atomic E-state index is 12.9. The molecule has 1 N–H and O–H groups in total. The average Bonchev–Trinajstić information content (AvgIpc) is 3.31. The number of thiophene rings is 1. The highest BCUT2D eigenvalue weighted by molar-refractivity contribution is 9.11. The van der Waals surface area contributed by atoms with Gasteiger partial charge in [0, 0.05) is 13.1 Å². The van der Waals surface area contributed by atoms with Gasteiger partial charge in [-0.3, -0.25) is 4.79 Å². The molecule has 1 amide bonds. The largest absolute Gasteiger partial charge is 0.496 e. The summed E-state index contributed by atoms with van der Waals surface area (Å²) in [5.41, 5.74) is 2.14. The summed E-state index contributed by atoms with van der Waals surface area (Å²) in [7, 11) is -2.04. The highest BCUT2D eigenvalue weighted by Crippen LogP contribution is 2.32. The van der Waals surface area contributed by atoms with Gasteiger partial charge in [-0.05, 0) is 65.9 Å². The number of methoxy groups -OCH3 is 1. The quantitative estimate of drug-likeness (QED) is 0.650. The number of carbonyl (C=O) groups is 1. The molecule has 3 rings (SSSR count). The highest BCUT2D eigenvalue weighted by Gasteiger charge is 2.39. The van der Waals surface area contributed by atoms with Crippen molar-refractivity contribution < 1.29 is 17.9 Å². The van der Waals surface area contributed by atoms with E-state index in [-0.39, 0.29) is 10.1 Å². The van der Waals surface area contributed by atoms with Crippen LogP contribution in [0.5, 0.6) is 5.75 Å². The van der Waals surface area contributed by atoms with Gasteiger partial charge in [0.1, 0.15) is 16.0 Å². The number of sulfonamides is 1. The number of hydrogen-bond acceptors (Lipinski definition) is 5. The molecule has 0 aliphatic carbocycles. The van der Waals surface area contributed by atoms with Crippen LogP contribution in [0.1, 0.15) is 24.0 Å². The Morgan fingerprint density at radius 1 is 1.36 bits per heavy atom. The van der Waals surface area contributed by atoms with Crippen molar-refractivity contribution in [3.63, 3.8) is 0 Å². The lowest BCUT2D eigenvalue weighted by atomic mass is 10.1. The van der Waals surface area contributed by atoms with Gasteiger partial charge in [-0.2, -0.15) is 4.31 Å². The summed E-state index contributed by atoms with van der Waals surface area (Å²) in [6, 6.07) is 8.54. The van der Waals surface area contributed by atoms with Gasteiger partial charge in [-0.1, -0.05) is 17.7 Å². The number of halogens is 1. The number of ether oxygens (including phenoxy) is 1. The summed E-state index contributed by atoms with van der Waals surface area (Å²) in [5, 5.41) is 2.90. The van der Waals surface area contributed by atoms with Crippen LogP contribution in [-0.2, 0) is 21.2 Å². The maximum Gasteiger partial charge on any atom is 0.253 e. The summed E-state index contributed by atoms with van der Waals surface area (Å²) in [6.45, 7) is 2.79. The number of aryl methyl sites for hydroxylation is 1. The molecule has 1 aromatic heterocycles. The van der Waals surface area contributed by atoms with Crippen molar-refractivity contribution in [1.29, 1.82) is 0 Å². The Kier molecular flexibility index (Phi) is 6.80. The number of amides is 1. The fourth-order valence-electron chi connectivity index (χ4n) is 3.38. The third-order valence-electron chi connectivity index (χ3n) is 4.75. The van der Waals surface area contributed by atoms with Gasteiger partial charge in [-0.15, -0.1) is 11.3 Å². The van der Waals surface area contributed by atoms with Crippen LogP contribution < -0.4 is 10.1 Å². The van der Waals surface area contributed by atoms with E-state index in [9.17, 15) is 13.2 Å². The second-order valence-electron chi connectivity index (χ2n) is 6.69. The molecule has 2 aromatic rings. The van der Waals surface area contributed by atoms with Crippen LogP contribution in [0.25, 0.3) is 0 Å². The molecule has 2 heterocycles. The topological polar surface area (TPSA) is 75.7 Å². The molecule has 1 fully saturated rings. The van der Waals surface area contributed by atoms with Crippen LogP contribution >= 0.6 is 27.3 Å². The number of rotatable bonds is 7. The third kappa shape index (κ3) is 4.59. The molecule has 0 bridgehead atoms. The monoisotopic (exact) mass is 486 g/mol. The second-order valence-corrected chi connectivity index (χ2v) is 11.3. The maximum absolute atomic E-state index is 12.9. The van der Waals surface area contributed by atoms with Gasteiger partial charge in [0.2, 0.25) is 5.91 Å². The lowest BCUT2D eigenvalue weighted by Crippen LogP contribution is -2.46. The molecule has 0 saturated carbocycles. The van der Waals surface area contributed by atoms with E-state index in [1.54, 1.807) is 19.2 Å². The van der Waals surface area contributed by atoms with Gasteiger partial charge in [0.15, 0.2) is 0 Å². The van der Waals surface area contributed by atoms with Gasteiger partial charge < -0.3 is 10.1 Å². The normalized spacial score (nSPS) is 17.6. The molecule has 1 saturated heterocycles. The van der Waals surface area contributed by atoms with Crippen molar-refractivity contribution in [2.75, 3.05) is 20.2 Å². The molecule has 1 aromatic carbocycles. The van der Waals surface area contributed by atoms with Gasteiger partial charge in [0.05, 0.1) is 10.9 Å². The predicted octanol–water partition coefficient (Wildman–Crippen LogP) is 3.34. The Morgan fingerprint density at radius 3 is 2.82 bits per heavy atom. The lowest BCUT2D eigenvalue weighted by molar-refractivity contribution is -0.124. The molecule has 1 unspecified atom stereocenters. The molecule has 0 spiro atoms. The fourth-order valence-corrected chi connectivity index (χ4v) is 7.18. The molecule has 1 aliphatic rings. The molecule has 1 atom stereocenters. The predicted molar refractivity (Wildman–Crippen MR) is 113 cm³/mol. The summed E-state index contributed by atoms with van der Waals surface area (Å²) in [5.74, 6) is 0.538. The summed E-state index contributed by atoms with van der Waals surface area (Å²) in [4.78, 5) is 12.7. The Morgan fingerprint density at radius 2 is 2.14 bits per heavy atom. The first kappa shape index (κ1) is 21.3. The third-order valence-corrected chi connectivity index (χ3v) is 8.75. The summed E-state index contributed by atoms with van der Waals surface area (Å²) >= 11 is 4.45. The molecule has 9 heteroatoms. The molecule has 152 valence electrons. The van der Waals surface area contributed by atoms with Crippen molar-refractivity contribution >= 4 is 43.2 Å². The van der Waals surface area contributed by atoms with Crippen molar-refractivity contribution in [1.82, 2.24) is 9.62 Å². The summed E-state index contributed by atoms with van der Waals surface area (Å²) in [6.07, 6.45) is 1.83. The zero-order chi connectivity index (χ0) is 20.3. The number of nitrogens with one attached hydrogen (secondary N) is 1. The van der Waals surface area contributed by atoms with E-state index in [1.807, 2.05) is 25.1 Å². The summed E-state index contributed by atoms with van der Waals surface area (Å²) < 4.78 is 33.5. The van der Waals surface area contributed by atoms with E-state index in [0.29, 0.717) is 32.4 Å². The van der Waals surface area contributed by atoms with Crippen LogP contribution in [-0.4, -0.2) is 44.9 Å². The molecule has 28 heavy (non-hydrogen) atoms. The number of carbonyl (C=O) groups excluding carboxylic acids is 1. The van der Waals surface area contributed by atoms with Gasteiger partial charge in [0.25, 0.3) is 10.0 Å². The van der Waals surface area contributed by atoms with E-state index < -0.39 is 16.1 Å². The Hall–Kier alpha value is -1.42. The average molecular weight is 487 g/mol. The molecule has 0 radical (unpaired) electrons. The van der Waals surface area contributed by atoms with E-state index in [0.717, 1.165) is 32.0 Å². The first-order valence-corrected chi connectivity index (χ1v) is 12.1. The number of nitrogens with zero attached hydrogens (tertiary/aromatic N) is 1. The van der Waals surface area contributed by atoms with Gasteiger partial charge in [-0.25, -0.2) is 8.42 Å². The van der Waals surface area contributed by atoms with Crippen molar-refractivity contribution in [3.8, 4) is 5.75 Å². The minimum atomic E-state index is -3.66. The van der Waals surface area contributed by atoms with Crippen LogP contribution in [0.3, 0.4) is 0 Å². The minimum Gasteiger partial charge on any atom is -0.496 e. The Bertz CT molecular complexity index is 959. The Labute approximate surface area is 178 Å². The SMILES string of the molecule is COc1ccc(C)cc1CCNC(=O)C1CCCN1S(=O)(=O)c1ccc(Br)s1. The second kappa shape index (κ2) is 8.94. The zero-order valence-electron chi connectivity index (χ0n) is 15.8.